The van der Waals surface area contributed by atoms with Crippen molar-refractivity contribution in [1.29, 1.82) is 0 Å². The summed E-state index contributed by atoms with van der Waals surface area (Å²) in [6, 6.07) is 8.54. The quantitative estimate of drug-likeness (QED) is 0.856. The monoisotopic (exact) mass is 296 g/mol. The van der Waals surface area contributed by atoms with Crippen LogP contribution in [0.25, 0.3) is 11.1 Å². The van der Waals surface area contributed by atoms with Crippen LogP contribution in [-0.2, 0) is 10.9 Å². The highest BCUT2D eigenvalue weighted by molar-refractivity contribution is 5.91. The number of carbonyl (C=O) groups excluding carboxylic acids is 1. The summed E-state index contributed by atoms with van der Waals surface area (Å²) in [7, 11) is 1.17. The summed E-state index contributed by atoms with van der Waals surface area (Å²) in [5, 5.41) is 9.90. The normalized spacial score (nSPS) is 11.2. The Morgan fingerprint density at radius 2 is 1.76 bits per heavy atom. The first-order valence-corrected chi connectivity index (χ1v) is 5.92. The number of phenols is 1. The lowest BCUT2D eigenvalue weighted by Gasteiger charge is -2.14. The number of esters is 1. The fraction of sp³-hybridized carbons (Fsp3) is 0.133. The Morgan fingerprint density at radius 3 is 2.33 bits per heavy atom. The van der Waals surface area contributed by atoms with Crippen LogP contribution >= 0.6 is 0 Å². The van der Waals surface area contributed by atoms with Gasteiger partial charge in [0.15, 0.2) is 0 Å². The van der Waals surface area contributed by atoms with Gasteiger partial charge in [-0.05, 0) is 29.8 Å². The van der Waals surface area contributed by atoms with Gasteiger partial charge in [0.2, 0.25) is 0 Å². The number of halogens is 3. The Balaban J connectivity index is 2.56. The predicted molar refractivity (Wildman–Crippen MR) is 69.9 cm³/mol. The van der Waals surface area contributed by atoms with E-state index in [1.165, 1.54) is 37.4 Å². The molecule has 0 aliphatic rings. The van der Waals surface area contributed by atoms with Crippen LogP contribution in [0.15, 0.2) is 42.5 Å². The van der Waals surface area contributed by atoms with Crippen LogP contribution in [0.4, 0.5) is 13.2 Å². The third kappa shape index (κ3) is 2.99. The van der Waals surface area contributed by atoms with Gasteiger partial charge in [-0.25, -0.2) is 4.79 Å². The summed E-state index contributed by atoms with van der Waals surface area (Å²) in [5.41, 5.74) is -0.955. The second-order valence-corrected chi connectivity index (χ2v) is 4.27. The molecule has 21 heavy (non-hydrogen) atoms. The molecule has 110 valence electrons. The Hall–Kier alpha value is -2.50. The molecular formula is C15H11F3O3. The Bertz CT molecular complexity index is 678. The van der Waals surface area contributed by atoms with E-state index in [1.54, 1.807) is 0 Å². The van der Waals surface area contributed by atoms with Gasteiger partial charge < -0.3 is 9.84 Å². The van der Waals surface area contributed by atoms with E-state index < -0.39 is 23.5 Å². The summed E-state index contributed by atoms with van der Waals surface area (Å²) in [6.45, 7) is 0. The van der Waals surface area contributed by atoms with Crippen LogP contribution < -0.4 is 0 Å². The fourth-order valence-corrected chi connectivity index (χ4v) is 1.97. The minimum atomic E-state index is -4.54. The van der Waals surface area contributed by atoms with E-state index >= 15 is 0 Å². The zero-order chi connectivity index (χ0) is 15.6. The zero-order valence-corrected chi connectivity index (χ0v) is 10.9. The second kappa shape index (κ2) is 5.47. The highest BCUT2D eigenvalue weighted by Crippen LogP contribution is 2.40. The molecule has 0 bridgehead atoms. The number of benzene rings is 2. The predicted octanol–water partition coefficient (Wildman–Crippen LogP) is 3.86. The molecule has 0 amide bonds. The molecule has 0 fully saturated rings. The van der Waals surface area contributed by atoms with Crippen molar-refractivity contribution in [3.8, 4) is 16.9 Å². The maximum Gasteiger partial charge on any atom is 0.417 e. The second-order valence-electron chi connectivity index (χ2n) is 4.27. The van der Waals surface area contributed by atoms with Gasteiger partial charge in [-0.2, -0.15) is 13.2 Å². The van der Waals surface area contributed by atoms with E-state index in [0.29, 0.717) is 0 Å². The molecule has 3 nitrogen and oxygen atoms in total. The van der Waals surface area contributed by atoms with Crippen molar-refractivity contribution in [3.63, 3.8) is 0 Å². The van der Waals surface area contributed by atoms with Crippen LogP contribution in [0.2, 0.25) is 0 Å². The summed E-state index contributed by atoms with van der Waals surface area (Å²) >= 11 is 0. The highest BCUT2D eigenvalue weighted by Gasteiger charge is 2.33. The number of hydrogen-bond acceptors (Lipinski definition) is 3. The third-order valence-electron chi connectivity index (χ3n) is 2.94. The zero-order valence-electron chi connectivity index (χ0n) is 10.9. The number of alkyl halides is 3. The third-order valence-corrected chi connectivity index (χ3v) is 2.94. The molecule has 0 radical (unpaired) electrons. The average Bonchev–Trinajstić information content (AvgIpc) is 2.45. The lowest BCUT2D eigenvalue weighted by atomic mass is 9.97. The molecule has 0 unspecified atom stereocenters. The maximum atomic E-state index is 13.0. The number of aromatic hydroxyl groups is 1. The molecule has 2 rings (SSSR count). The first kappa shape index (κ1) is 14.9. The SMILES string of the molecule is COC(=O)c1ccc(-c2ccccc2C(F)(F)F)c(O)c1. The van der Waals surface area contributed by atoms with Crippen LogP contribution in [0.5, 0.6) is 5.75 Å². The van der Waals surface area contributed by atoms with E-state index in [4.69, 9.17) is 0 Å². The van der Waals surface area contributed by atoms with Crippen molar-refractivity contribution in [2.24, 2.45) is 0 Å². The van der Waals surface area contributed by atoms with Gasteiger partial charge in [0, 0.05) is 5.56 Å². The van der Waals surface area contributed by atoms with Crippen molar-refractivity contribution in [3.05, 3.63) is 53.6 Å². The van der Waals surface area contributed by atoms with Crippen LogP contribution in [0.3, 0.4) is 0 Å². The average molecular weight is 296 g/mol. The van der Waals surface area contributed by atoms with Gasteiger partial charge in [0.25, 0.3) is 0 Å². The van der Waals surface area contributed by atoms with Crippen molar-refractivity contribution in [2.75, 3.05) is 7.11 Å². The molecule has 0 heterocycles. The summed E-state index contributed by atoms with van der Waals surface area (Å²) < 4.78 is 43.4. The molecule has 0 aromatic heterocycles. The first-order chi connectivity index (χ1) is 9.84. The molecule has 0 saturated carbocycles. The highest BCUT2D eigenvalue weighted by atomic mass is 19.4. The lowest BCUT2D eigenvalue weighted by molar-refractivity contribution is -0.137. The summed E-state index contributed by atoms with van der Waals surface area (Å²) in [4.78, 5) is 11.3. The van der Waals surface area contributed by atoms with Crippen molar-refractivity contribution in [2.45, 2.75) is 6.18 Å². The minimum Gasteiger partial charge on any atom is -0.507 e. The minimum absolute atomic E-state index is 0.00409. The van der Waals surface area contributed by atoms with E-state index in [1.807, 2.05) is 0 Å². The standard InChI is InChI=1S/C15H11F3O3/c1-21-14(20)9-6-7-11(13(19)8-9)10-4-2-3-5-12(10)15(16,17)18/h2-8,19H,1H3. The van der Waals surface area contributed by atoms with Gasteiger partial charge in [0.05, 0.1) is 18.2 Å². The van der Waals surface area contributed by atoms with Gasteiger partial charge in [-0.15, -0.1) is 0 Å². The van der Waals surface area contributed by atoms with Gasteiger partial charge in [0.1, 0.15) is 5.75 Å². The van der Waals surface area contributed by atoms with E-state index in [-0.39, 0.29) is 16.7 Å². The molecule has 2 aromatic carbocycles. The van der Waals surface area contributed by atoms with E-state index in [9.17, 15) is 23.1 Å². The van der Waals surface area contributed by atoms with Crippen LogP contribution in [-0.4, -0.2) is 18.2 Å². The molecule has 1 N–H and O–H groups in total. The van der Waals surface area contributed by atoms with Gasteiger partial charge in [-0.1, -0.05) is 18.2 Å². The van der Waals surface area contributed by atoms with Gasteiger partial charge in [-0.3, -0.25) is 0 Å². The Morgan fingerprint density at radius 1 is 1.10 bits per heavy atom. The van der Waals surface area contributed by atoms with Crippen molar-refractivity contribution in [1.82, 2.24) is 0 Å². The Labute approximate surface area is 118 Å². The van der Waals surface area contributed by atoms with E-state index in [0.717, 1.165) is 12.1 Å². The van der Waals surface area contributed by atoms with Gasteiger partial charge >= 0.3 is 12.1 Å². The van der Waals surface area contributed by atoms with Crippen molar-refractivity contribution >= 4 is 5.97 Å². The number of carbonyl (C=O) groups is 1. The smallest absolute Gasteiger partial charge is 0.417 e. The number of hydrogen-bond donors (Lipinski definition) is 1. The first-order valence-electron chi connectivity index (χ1n) is 5.92. The molecule has 0 saturated heterocycles. The molecule has 2 aromatic rings. The largest absolute Gasteiger partial charge is 0.507 e. The van der Waals surface area contributed by atoms with E-state index in [2.05, 4.69) is 4.74 Å². The molecule has 0 spiro atoms. The number of phenolic OH excluding ortho intramolecular Hbond substituents is 1. The molecule has 0 atom stereocenters. The Kier molecular flexibility index (Phi) is 3.88. The van der Waals surface area contributed by atoms with Crippen molar-refractivity contribution < 1.29 is 27.8 Å². The number of rotatable bonds is 2. The summed E-state index contributed by atoms with van der Waals surface area (Å²) in [6.07, 6.45) is -4.54. The number of ether oxygens (including phenoxy) is 1. The molecular weight excluding hydrogens is 285 g/mol. The maximum absolute atomic E-state index is 13.0. The molecule has 0 aliphatic carbocycles. The van der Waals surface area contributed by atoms with Crippen LogP contribution in [0.1, 0.15) is 15.9 Å². The molecule has 0 aliphatic heterocycles. The number of methoxy groups -OCH3 is 1. The molecule has 6 heteroatoms. The lowest BCUT2D eigenvalue weighted by Crippen LogP contribution is -2.07. The topological polar surface area (TPSA) is 46.5 Å². The van der Waals surface area contributed by atoms with Crippen LogP contribution in [0, 0.1) is 0 Å². The summed E-state index contributed by atoms with van der Waals surface area (Å²) in [5.74, 6) is -1.10. The fourth-order valence-electron chi connectivity index (χ4n) is 1.97.